The molecular weight excluding hydrogens is 943 g/mol. The molecule has 0 atom stereocenters. The van der Waals surface area contributed by atoms with Gasteiger partial charge < -0.3 is 13.7 Å². The molecule has 0 saturated heterocycles. The Morgan fingerprint density at radius 3 is 1.82 bits per heavy atom. The number of rotatable bonds is 7. The molecule has 0 bridgehead atoms. The normalized spacial score (nSPS) is 12.4. The summed E-state index contributed by atoms with van der Waals surface area (Å²) in [5.41, 5.74) is 15.7. The maximum Gasteiger partial charge on any atom is 0.271 e. The van der Waals surface area contributed by atoms with Gasteiger partial charge in [-0.15, -0.1) is 0 Å². The van der Waals surface area contributed by atoms with Gasteiger partial charge in [-0.3, -0.25) is 18.7 Å². The molecule has 0 radical (unpaired) electrons. The van der Waals surface area contributed by atoms with Crippen molar-refractivity contribution >= 4 is 92.7 Å². The van der Waals surface area contributed by atoms with Crippen LogP contribution < -0.4 is 9.30 Å². The first-order valence-corrected chi connectivity index (χ1v) is 26.2. The van der Waals surface area contributed by atoms with Crippen molar-refractivity contribution in [2.45, 2.75) is 26.2 Å². The van der Waals surface area contributed by atoms with E-state index in [0.29, 0.717) is 17.3 Å². The van der Waals surface area contributed by atoms with Gasteiger partial charge in [0, 0.05) is 78.9 Å². The number of imidazole rings is 1. The second-order valence-corrected chi connectivity index (χ2v) is 21.3. The van der Waals surface area contributed by atoms with Crippen LogP contribution >= 0.6 is 0 Å². The number of hydrogen-bond acceptors (Lipinski definition) is 3. The first-order valence-electron chi connectivity index (χ1n) is 26.2. The molecule has 0 aliphatic heterocycles. The number of pyridine rings is 2. The van der Waals surface area contributed by atoms with E-state index in [9.17, 15) is 0 Å². The lowest BCUT2D eigenvalue weighted by Gasteiger charge is -2.20. The molecule has 0 spiro atoms. The van der Waals surface area contributed by atoms with Crippen LogP contribution in [-0.4, -0.2) is 28.1 Å². The predicted octanol–water partition coefficient (Wildman–Crippen LogP) is 16.6. The molecule has 0 saturated carbocycles. The van der Waals surface area contributed by atoms with Crippen LogP contribution in [0.5, 0.6) is 11.5 Å². The molecule has 0 N–H and O–H groups in total. The van der Waals surface area contributed by atoms with E-state index in [1.54, 1.807) is 0 Å². The monoisotopic (exact) mass is 989 g/mol. The van der Waals surface area contributed by atoms with Crippen LogP contribution in [0.3, 0.4) is 0 Å². The van der Waals surface area contributed by atoms with Crippen molar-refractivity contribution in [3.05, 3.63) is 243 Å². The smallest absolute Gasteiger partial charge is 0.271 e. The maximum atomic E-state index is 6.88. The third kappa shape index (κ3) is 6.48. The zero-order chi connectivity index (χ0) is 51.1. The fourth-order valence-electron chi connectivity index (χ4n) is 12.3. The van der Waals surface area contributed by atoms with Crippen LogP contribution in [0.2, 0.25) is 0 Å². The largest absolute Gasteiger partial charge is 0.458 e. The van der Waals surface area contributed by atoms with E-state index in [2.05, 4.69) is 251 Å². The molecule has 0 aliphatic rings. The Hall–Kier alpha value is -10.1. The Morgan fingerprint density at radius 1 is 0.429 bits per heavy atom. The first-order chi connectivity index (χ1) is 37.8. The van der Waals surface area contributed by atoms with E-state index in [1.807, 2.05) is 29.1 Å². The summed E-state index contributed by atoms with van der Waals surface area (Å²) in [5, 5.41) is 9.56. The first kappa shape index (κ1) is 43.4. The number of hydrogen-bond donors (Lipinski definition) is 0. The summed E-state index contributed by atoms with van der Waals surface area (Å²) in [6.07, 6.45) is 7.47. The van der Waals surface area contributed by atoms with Crippen molar-refractivity contribution in [1.29, 1.82) is 0 Å². The molecule has 0 fully saturated rings. The lowest BCUT2D eigenvalue weighted by molar-refractivity contribution is -0.572. The molecular formula is C69H47N7O. The number of fused-ring (bicyclic) bond motifs is 13. The highest BCUT2D eigenvalue weighted by atomic mass is 16.5. The Balaban J connectivity index is 0.825. The minimum absolute atomic E-state index is 0.0768. The molecule has 9 aromatic carbocycles. The minimum Gasteiger partial charge on any atom is -0.458 e. The second-order valence-electron chi connectivity index (χ2n) is 21.3. The van der Waals surface area contributed by atoms with Crippen molar-refractivity contribution in [1.82, 2.24) is 28.1 Å². The van der Waals surface area contributed by atoms with Crippen molar-refractivity contribution in [2.75, 3.05) is 0 Å². The van der Waals surface area contributed by atoms with Gasteiger partial charge in [-0.1, -0.05) is 142 Å². The Kier molecular flexibility index (Phi) is 9.14. The molecule has 8 nitrogen and oxygen atoms in total. The lowest BCUT2D eigenvalue weighted by atomic mass is 9.88. The number of nitrogens with zero attached hydrogens (tertiary/aromatic N) is 7. The zero-order valence-electron chi connectivity index (χ0n) is 42.5. The number of aromatic nitrogens is 7. The lowest BCUT2D eigenvalue weighted by Crippen LogP contribution is -2.29. The molecule has 0 amide bonds. The highest BCUT2D eigenvalue weighted by Gasteiger charge is 2.24. The van der Waals surface area contributed by atoms with Gasteiger partial charge in [0.2, 0.25) is 0 Å². The molecule has 8 heteroatoms. The third-order valence-corrected chi connectivity index (χ3v) is 15.8. The molecule has 0 aliphatic carbocycles. The molecule has 0 unspecified atom stereocenters. The summed E-state index contributed by atoms with van der Waals surface area (Å²) in [7, 11) is 0. The summed E-state index contributed by atoms with van der Waals surface area (Å²) < 4.78 is 18.2. The van der Waals surface area contributed by atoms with Crippen LogP contribution in [0.25, 0.3) is 127 Å². The Labute approximate surface area is 442 Å². The standard InChI is InChI=1S/C69H47N7O/c1-69(2,3)44-32-34-71-66(37-44)75-61-31-28-43(49-21-15-22-54-50-18-7-10-23-58(50)74(67(49)54)45-16-5-4-6-17-45)36-55(61)53-30-29-47(40-64(53)75)77-48-33-35-70-65(41-48)73-42-72(62-26-13-14-27-63(62)73)46-38-56-51-19-8-11-24-59(51)76-60-25-12-9-20-52(60)57(39-46)68(56)76/h4-41H,1-3H3. The summed E-state index contributed by atoms with van der Waals surface area (Å²) >= 11 is 0. The van der Waals surface area contributed by atoms with Crippen molar-refractivity contribution in [2.24, 2.45) is 0 Å². The summed E-state index contributed by atoms with van der Waals surface area (Å²) in [6.45, 7) is 6.74. The quantitative estimate of drug-likeness (QED) is 0.118. The summed E-state index contributed by atoms with van der Waals surface area (Å²) in [5.74, 6) is 2.90. The van der Waals surface area contributed by atoms with Gasteiger partial charge in [0.15, 0.2) is 5.82 Å². The van der Waals surface area contributed by atoms with Gasteiger partial charge in [-0.05, 0) is 101 Å². The van der Waals surface area contributed by atoms with Crippen LogP contribution in [-0.2, 0) is 5.41 Å². The fraction of sp³-hybridized carbons (Fsp3) is 0.0580. The molecule has 77 heavy (non-hydrogen) atoms. The van der Waals surface area contributed by atoms with Gasteiger partial charge in [0.25, 0.3) is 6.33 Å². The van der Waals surface area contributed by atoms with Crippen LogP contribution in [0.1, 0.15) is 26.3 Å². The zero-order valence-corrected chi connectivity index (χ0v) is 42.5. The van der Waals surface area contributed by atoms with E-state index in [-0.39, 0.29) is 5.41 Å². The Bertz CT molecular complexity index is 4980. The second kappa shape index (κ2) is 16.2. The van der Waals surface area contributed by atoms with Crippen molar-refractivity contribution < 1.29 is 9.30 Å². The van der Waals surface area contributed by atoms with Gasteiger partial charge in [-0.2, -0.15) is 0 Å². The average molecular weight is 990 g/mol. The van der Waals surface area contributed by atoms with E-state index in [4.69, 9.17) is 14.7 Å². The van der Waals surface area contributed by atoms with Crippen LogP contribution in [0, 0.1) is 6.33 Å². The van der Waals surface area contributed by atoms with Gasteiger partial charge >= 0.3 is 0 Å². The van der Waals surface area contributed by atoms with Crippen LogP contribution in [0.4, 0.5) is 0 Å². The average Bonchev–Trinajstić information content (AvgIpc) is 4.32. The summed E-state index contributed by atoms with van der Waals surface area (Å²) in [6, 6.07) is 78.1. The number of benzene rings is 9. The van der Waals surface area contributed by atoms with E-state index < -0.39 is 0 Å². The molecule has 7 aromatic heterocycles. The third-order valence-electron chi connectivity index (χ3n) is 15.8. The molecule has 7 heterocycles. The van der Waals surface area contributed by atoms with E-state index in [0.717, 1.165) is 55.6 Å². The van der Waals surface area contributed by atoms with E-state index in [1.165, 1.54) is 71.0 Å². The predicted molar refractivity (Wildman–Crippen MR) is 313 cm³/mol. The molecule has 16 rings (SSSR count). The summed E-state index contributed by atoms with van der Waals surface area (Å²) in [4.78, 5) is 9.97. The fourth-order valence-corrected chi connectivity index (χ4v) is 12.3. The molecule has 364 valence electrons. The van der Waals surface area contributed by atoms with Gasteiger partial charge in [0.05, 0.1) is 55.3 Å². The molecule has 16 aromatic rings. The highest BCUT2D eigenvalue weighted by Crippen LogP contribution is 2.43. The number of ether oxygens (including phenoxy) is 1. The topological polar surface area (TPSA) is 58.1 Å². The SMILES string of the molecule is CC(C)(C)c1ccnc(-n2c3ccc(-c4cccc5c6ccccc6n(-c6ccccc6)c45)cc3c3ccc(Oc4ccnc(-n5[c-][n+](-c6cc7c8ccccc8n8c9ccccc9c(c6)c78)c6ccccc65)c4)cc32)c1. The van der Waals surface area contributed by atoms with Gasteiger partial charge in [0.1, 0.15) is 17.3 Å². The van der Waals surface area contributed by atoms with Gasteiger partial charge in [-0.25, -0.2) is 4.98 Å². The maximum absolute atomic E-state index is 6.88. The minimum atomic E-state index is -0.0768. The van der Waals surface area contributed by atoms with Crippen molar-refractivity contribution in [3.63, 3.8) is 0 Å². The van der Waals surface area contributed by atoms with Crippen LogP contribution in [0.15, 0.2) is 231 Å². The Morgan fingerprint density at radius 2 is 1.05 bits per heavy atom. The highest BCUT2D eigenvalue weighted by molar-refractivity contribution is 6.24. The van der Waals surface area contributed by atoms with Crippen molar-refractivity contribution in [3.8, 4) is 45.6 Å². The van der Waals surface area contributed by atoms with E-state index >= 15 is 0 Å². The number of para-hydroxylation sites is 7.